The molecule has 2 N–H and O–H groups in total. The van der Waals surface area contributed by atoms with Crippen molar-refractivity contribution in [2.75, 3.05) is 38.7 Å². The Morgan fingerprint density at radius 1 is 1.00 bits per heavy atom. The zero-order chi connectivity index (χ0) is 23.8. The third-order valence-electron chi connectivity index (χ3n) is 6.41. The summed E-state index contributed by atoms with van der Waals surface area (Å²) in [4.78, 5) is 13.3. The Hall–Kier alpha value is -3.38. The number of benzene rings is 3. The summed E-state index contributed by atoms with van der Waals surface area (Å²) in [5, 5.41) is 6.45. The molecule has 1 amide bonds. The molecule has 0 spiro atoms. The molecule has 3 aromatic carbocycles. The number of amides is 1. The number of methoxy groups -OCH3 is 1. The summed E-state index contributed by atoms with van der Waals surface area (Å²) in [6.07, 6.45) is 2.00. The molecular formula is C28H31FN2O3. The lowest BCUT2D eigenvalue weighted by Crippen LogP contribution is -2.47. The Morgan fingerprint density at radius 2 is 1.74 bits per heavy atom. The molecule has 1 aliphatic rings. The van der Waals surface area contributed by atoms with Gasteiger partial charge in [0.25, 0.3) is 0 Å². The maximum Gasteiger partial charge on any atom is 0.226 e. The second kappa shape index (κ2) is 11.2. The van der Waals surface area contributed by atoms with E-state index in [1.165, 1.54) is 12.1 Å². The van der Waals surface area contributed by atoms with Gasteiger partial charge in [-0.3, -0.25) is 4.79 Å². The zero-order valence-corrected chi connectivity index (χ0v) is 19.5. The van der Waals surface area contributed by atoms with Crippen molar-refractivity contribution < 1.29 is 18.7 Å². The zero-order valence-electron chi connectivity index (χ0n) is 19.5. The molecule has 5 nitrogen and oxygen atoms in total. The summed E-state index contributed by atoms with van der Waals surface area (Å²) in [6, 6.07) is 22.4. The third-order valence-corrected chi connectivity index (χ3v) is 6.41. The maximum absolute atomic E-state index is 13.8. The van der Waals surface area contributed by atoms with Gasteiger partial charge in [-0.25, -0.2) is 4.39 Å². The lowest BCUT2D eigenvalue weighted by atomic mass is 9.74. The van der Waals surface area contributed by atoms with Crippen LogP contribution in [0, 0.1) is 11.2 Å². The van der Waals surface area contributed by atoms with Gasteiger partial charge < -0.3 is 20.1 Å². The second-order valence-electron chi connectivity index (χ2n) is 8.66. The molecule has 0 saturated carbocycles. The number of para-hydroxylation sites is 1. The van der Waals surface area contributed by atoms with Gasteiger partial charge in [0.2, 0.25) is 5.91 Å². The standard InChI is InChI=1S/C28H31FN2O3/c1-33-26-12-11-23(29)19-25(26)22-9-7-21(8-10-22)20-28(13-17-34-18-14-28)27(32)31-16-15-30-24-5-3-2-4-6-24/h2-12,19,30H,13-18,20H2,1H3,(H,31,32). The first-order valence-corrected chi connectivity index (χ1v) is 11.7. The number of nitrogens with one attached hydrogen (secondary N) is 2. The van der Waals surface area contributed by atoms with Crippen LogP contribution in [0.25, 0.3) is 11.1 Å². The van der Waals surface area contributed by atoms with E-state index < -0.39 is 5.41 Å². The predicted octanol–water partition coefficient (Wildman–Crippen LogP) is 5.07. The van der Waals surface area contributed by atoms with Crippen molar-refractivity contribution in [2.45, 2.75) is 19.3 Å². The molecule has 0 aromatic heterocycles. The Kier molecular flexibility index (Phi) is 7.80. The van der Waals surface area contributed by atoms with Gasteiger partial charge >= 0.3 is 0 Å². The Bertz CT molecular complexity index is 1080. The lowest BCUT2D eigenvalue weighted by Gasteiger charge is -2.36. The number of hydrogen-bond donors (Lipinski definition) is 2. The smallest absolute Gasteiger partial charge is 0.226 e. The van der Waals surface area contributed by atoms with Crippen molar-refractivity contribution in [2.24, 2.45) is 5.41 Å². The van der Waals surface area contributed by atoms with Crippen molar-refractivity contribution in [3.63, 3.8) is 0 Å². The Balaban J connectivity index is 1.42. The van der Waals surface area contributed by atoms with Crippen LogP contribution >= 0.6 is 0 Å². The van der Waals surface area contributed by atoms with E-state index in [0.29, 0.717) is 56.9 Å². The minimum absolute atomic E-state index is 0.0709. The number of halogens is 1. The number of anilines is 1. The summed E-state index contributed by atoms with van der Waals surface area (Å²) in [7, 11) is 1.58. The summed E-state index contributed by atoms with van der Waals surface area (Å²) in [5.41, 5.74) is 3.19. The Morgan fingerprint density at radius 3 is 2.44 bits per heavy atom. The quantitative estimate of drug-likeness (QED) is 0.436. The van der Waals surface area contributed by atoms with Crippen LogP contribution in [0.4, 0.5) is 10.1 Å². The van der Waals surface area contributed by atoms with Crippen molar-refractivity contribution >= 4 is 11.6 Å². The summed E-state index contributed by atoms with van der Waals surface area (Å²) >= 11 is 0. The fraction of sp³-hybridized carbons (Fsp3) is 0.321. The molecule has 3 aromatic rings. The van der Waals surface area contributed by atoms with Gasteiger partial charge in [0.15, 0.2) is 0 Å². The average Bonchev–Trinajstić information content (AvgIpc) is 2.88. The first-order valence-electron chi connectivity index (χ1n) is 11.7. The van der Waals surface area contributed by atoms with Gasteiger partial charge in [0.1, 0.15) is 11.6 Å². The highest BCUT2D eigenvalue weighted by Crippen LogP contribution is 2.36. The molecule has 6 heteroatoms. The third kappa shape index (κ3) is 5.75. The molecule has 0 atom stereocenters. The highest BCUT2D eigenvalue weighted by Gasteiger charge is 2.39. The number of rotatable bonds is 9. The number of carbonyl (C=O) groups is 1. The van der Waals surface area contributed by atoms with Crippen molar-refractivity contribution in [3.8, 4) is 16.9 Å². The summed E-state index contributed by atoms with van der Waals surface area (Å²) < 4.78 is 24.8. The SMILES string of the molecule is COc1ccc(F)cc1-c1ccc(CC2(C(=O)NCCNc3ccccc3)CCOCC2)cc1. The van der Waals surface area contributed by atoms with Gasteiger partial charge in [-0.05, 0) is 60.7 Å². The molecule has 178 valence electrons. The van der Waals surface area contributed by atoms with Crippen LogP contribution in [0.1, 0.15) is 18.4 Å². The van der Waals surface area contributed by atoms with Crippen LogP contribution in [-0.4, -0.2) is 39.3 Å². The Labute approximate surface area is 200 Å². The predicted molar refractivity (Wildman–Crippen MR) is 133 cm³/mol. The first kappa shape index (κ1) is 23.8. The maximum atomic E-state index is 13.8. The van der Waals surface area contributed by atoms with Gasteiger partial charge in [0.05, 0.1) is 12.5 Å². The molecule has 1 saturated heterocycles. The molecule has 1 aliphatic heterocycles. The van der Waals surface area contributed by atoms with Crippen LogP contribution in [-0.2, 0) is 16.0 Å². The van der Waals surface area contributed by atoms with Gasteiger partial charge in [-0.2, -0.15) is 0 Å². The fourth-order valence-electron chi connectivity index (χ4n) is 4.47. The minimum Gasteiger partial charge on any atom is -0.496 e. The fourth-order valence-corrected chi connectivity index (χ4v) is 4.47. The van der Waals surface area contributed by atoms with Crippen molar-refractivity contribution in [3.05, 3.63) is 84.2 Å². The van der Waals surface area contributed by atoms with E-state index in [0.717, 1.165) is 16.8 Å². The number of carbonyl (C=O) groups excluding carboxylic acids is 1. The van der Waals surface area contributed by atoms with Crippen molar-refractivity contribution in [1.29, 1.82) is 0 Å². The van der Waals surface area contributed by atoms with Crippen LogP contribution in [0.5, 0.6) is 5.75 Å². The monoisotopic (exact) mass is 462 g/mol. The van der Waals surface area contributed by atoms with Crippen LogP contribution in [0.2, 0.25) is 0 Å². The van der Waals surface area contributed by atoms with E-state index in [-0.39, 0.29) is 11.7 Å². The van der Waals surface area contributed by atoms with Crippen LogP contribution in [0.15, 0.2) is 72.8 Å². The molecule has 1 fully saturated rings. The molecule has 0 radical (unpaired) electrons. The van der Waals surface area contributed by atoms with Crippen molar-refractivity contribution in [1.82, 2.24) is 5.32 Å². The molecule has 34 heavy (non-hydrogen) atoms. The van der Waals surface area contributed by atoms with E-state index in [4.69, 9.17) is 9.47 Å². The van der Waals surface area contributed by atoms with Crippen LogP contribution in [0.3, 0.4) is 0 Å². The topological polar surface area (TPSA) is 59.6 Å². The highest BCUT2D eigenvalue weighted by atomic mass is 19.1. The van der Waals surface area contributed by atoms with E-state index >= 15 is 0 Å². The molecule has 0 unspecified atom stereocenters. The highest BCUT2D eigenvalue weighted by molar-refractivity contribution is 5.83. The molecule has 0 aliphatic carbocycles. The van der Waals surface area contributed by atoms with Gasteiger partial charge in [-0.1, -0.05) is 42.5 Å². The van der Waals surface area contributed by atoms with E-state index in [9.17, 15) is 9.18 Å². The summed E-state index contributed by atoms with van der Waals surface area (Å²) in [6.45, 7) is 2.36. The normalized spacial score (nSPS) is 14.9. The van der Waals surface area contributed by atoms with Gasteiger partial charge in [-0.15, -0.1) is 0 Å². The summed E-state index contributed by atoms with van der Waals surface area (Å²) in [5.74, 6) is 0.388. The van der Waals surface area contributed by atoms with E-state index in [1.807, 2.05) is 54.6 Å². The molecule has 4 rings (SSSR count). The average molecular weight is 463 g/mol. The minimum atomic E-state index is -0.497. The number of hydrogen-bond acceptors (Lipinski definition) is 4. The second-order valence-corrected chi connectivity index (χ2v) is 8.66. The van der Waals surface area contributed by atoms with Crippen LogP contribution < -0.4 is 15.4 Å². The molecule has 1 heterocycles. The van der Waals surface area contributed by atoms with Gasteiger partial charge in [0, 0.05) is 37.6 Å². The first-order chi connectivity index (χ1) is 16.6. The van der Waals surface area contributed by atoms with E-state index in [1.54, 1.807) is 13.2 Å². The lowest BCUT2D eigenvalue weighted by molar-refractivity contribution is -0.136. The molecular weight excluding hydrogens is 431 g/mol. The van der Waals surface area contributed by atoms with E-state index in [2.05, 4.69) is 10.6 Å². The molecule has 0 bridgehead atoms. The largest absolute Gasteiger partial charge is 0.496 e. The number of ether oxygens (including phenoxy) is 2.